The van der Waals surface area contributed by atoms with Gasteiger partial charge in [0.25, 0.3) is 21.5 Å². The van der Waals surface area contributed by atoms with Gasteiger partial charge in [0, 0.05) is 24.4 Å². The minimum Gasteiger partial charge on any atom is -0.344 e. The molecule has 180 valence electrons. The molecule has 0 aliphatic carbocycles. The lowest BCUT2D eigenvalue weighted by Gasteiger charge is -2.18. The Morgan fingerprint density at radius 3 is 2.47 bits per heavy atom. The zero-order chi connectivity index (χ0) is 24.8. The number of aromatic amines is 1. The van der Waals surface area contributed by atoms with E-state index in [0.29, 0.717) is 16.8 Å². The Morgan fingerprint density at radius 2 is 1.88 bits per heavy atom. The first-order valence-corrected chi connectivity index (χ1v) is 11.8. The van der Waals surface area contributed by atoms with Gasteiger partial charge in [-0.3, -0.25) is 14.6 Å². The van der Waals surface area contributed by atoms with Gasteiger partial charge in [-0.2, -0.15) is 22.4 Å². The quantitative estimate of drug-likeness (QED) is 0.551. The summed E-state index contributed by atoms with van der Waals surface area (Å²) in [7, 11) is -3.53. The first-order valence-electron chi connectivity index (χ1n) is 9.93. The zero-order valence-corrected chi connectivity index (χ0v) is 18.7. The first-order chi connectivity index (χ1) is 15.8. The number of anilines is 1. The van der Waals surface area contributed by atoms with E-state index < -0.39 is 39.3 Å². The zero-order valence-electron chi connectivity index (χ0n) is 17.9. The standard InChI is InChI=1S/C20H19F3N6O4S/c1-11(12-3-5-14(6-4-12)20(21,22)23)24-18(31)15-7-17(30)26-19(25-15)28-8-13-9-29(34(2,32)33)27-16(13)10-28/h3-7,9,11H,8,10H2,1-2H3,(H,24,31)(H,25,26,30)/t11-/m1/s1. The van der Waals surface area contributed by atoms with E-state index in [-0.39, 0.29) is 24.7 Å². The van der Waals surface area contributed by atoms with Gasteiger partial charge in [0.15, 0.2) is 0 Å². The number of hydrogen-bond donors (Lipinski definition) is 2. The molecule has 3 aromatic rings. The van der Waals surface area contributed by atoms with Crippen molar-refractivity contribution >= 4 is 21.9 Å². The number of fused-ring (bicyclic) bond motifs is 1. The number of hydrogen-bond acceptors (Lipinski definition) is 7. The van der Waals surface area contributed by atoms with Crippen LogP contribution in [0.2, 0.25) is 0 Å². The summed E-state index contributed by atoms with van der Waals surface area (Å²) in [4.78, 5) is 33.2. The van der Waals surface area contributed by atoms with Crippen LogP contribution in [0.25, 0.3) is 0 Å². The molecule has 3 heterocycles. The Kier molecular flexibility index (Phi) is 5.71. The van der Waals surface area contributed by atoms with Crippen LogP contribution in [-0.4, -0.2) is 39.7 Å². The summed E-state index contributed by atoms with van der Waals surface area (Å²) >= 11 is 0. The van der Waals surface area contributed by atoms with Gasteiger partial charge in [-0.25, -0.2) is 13.4 Å². The van der Waals surface area contributed by atoms with Gasteiger partial charge in [-0.15, -0.1) is 0 Å². The van der Waals surface area contributed by atoms with Crippen molar-refractivity contribution in [2.75, 3.05) is 11.2 Å². The van der Waals surface area contributed by atoms with E-state index >= 15 is 0 Å². The van der Waals surface area contributed by atoms with E-state index in [9.17, 15) is 31.2 Å². The molecule has 2 aromatic heterocycles. The lowest BCUT2D eigenvalue weighted by atomic mass is 10.1. The van der Waals surface area contributed by atoms with Crippen molar-refractivity contribution in [1.82, 2.24) is 24.5 Å². The monoisotopic (exact) mass is 496 g/mol. The molecule has 0 bridgehead atoms. The largest absolute Gasteiger partial charge is 0.416 e. The van der Waals surface area contributed by atoms with Crippen LogP contribution in [0.3, 0.4) is 0 Å². The van der Waals surface area contributed by atoms with Crippen LogP contribution in [0.4, 0.5) is 19.1 Å². The number of nitrogens with zero attached hydrogens (tertiary/aromatic N) is 4. The maximum absolute atomic E-state index is 12.7. The third kappa shape index (κ3) is 4.81. The van der Waals surface area contributed by atoms with E-state index in [1.165, 1.54) is 18.3 Å². The molecule has 0 saturated carbocycles. The number of H-pyrrole nitrogens is 1. The fourth-order valence-electron chi connectivity index (χ4n) is 3.47. The summed E-state index contributed by atoms with van der Waals surface area (Å²) in [6.07, 6.45) is -2.06. The highest BCUT2D eigenvalue weighted by molar-refractivity contribution is 7.89. The summed E-state index contributed by atoms with van der Waals surface area (Å²) in [6.45, 7) is 1.99. The van der Waals surface area contributed by atoms with Crippen LogP contribution >= 0.6 is 0 Å². The van der Waals surface area contributed by atoms with Crippen molar-refractivity contribution in [1.29, 1.82) is 0 Å². The second-order valence-corrected chi connectivity index (χ2v) is 9.70. The second-order valence-electron chi connectivity index (χ2n) is 7.86. The fourth-order valence-corrected chi connectivity index (χ4v) is 4.04. The average molecular weight is 496 g/mol. The van der Waals surface area contributed by atoms with Gasteiger partial charge in [-0.05, 0) is 24.6 Å². The van der Waals surface area contributed by atoms with Crippen LogP contribution in [0.1, 0.15) is 45.8 Å². The molecule has 2 N–H and O–H groups in total. The first kappa shape index (κ1) is 23.5. The molecule has 10 nitrogen and oxygen atoms in total. The Labute approximate surface area is 191 Å². The van der Waals surface area contributed by atoms with Gasteiger partial charge < -0.3 is 10.2 Å². The molecule has 34 heavy (non-hydrogen) atoms. The third-order valence-electron chi connectivity index (χ3n) is 5.24. The van der Waals surface area contributed by atoms with E-state index in [4.69, 9.17) is 0 Å². The molecule has 0 radical (unpaired) electrons. The van der Waals surface area contributed by atoms with Crippen molar-refractivity contribution in [2.45, 2.75) is 32.2 Å². The van der Waals surface area contributed by atoms with Crippen LogP contribution in [0, 0.1) is 0 Å². The maximum Gasteiger partial charge on any atom is 0.416 e. The number of benzene rings is 1. The number of carbonyl (C=O) groups excluding carboxylic acids is 1. The molecule has 1 amide bonds. The number of halogens is 3. The highest BCUT2D eigenvalue weighted by Gasteiger charge is 2.30. The van der Waals surface area contributed by atoms with Crippen LogP contribution in [0.5, 0.6) is 0 Å². The molecule has 1 atom stereocenters. The van der Waals surface area contributed by atoms with Crippen molar-refractivity contribution in [3.05, 3.63) is 75.0 Å². The van der Waals surface area contributed by atoms with Crippen molar-refractivity contribution in [3.63, 3.8) is 0 Å². The van der Waals surface area contributed by atoms with Crippen LogP contribution in [-0.2, 0) is 29.3 Å². The summed E-state index contributed by atoms with van der Waals surface area (Å²) in [5.41, 5.74) is 0.0219. The second kappa shape index (κ2) is 8.27. The fraction of sp³-hybridized carbons (Fsp3) is 0.300. The molecule has 0 unspecified atom stereocenters. The van der Waals surface area contributed by atoms with Gasteiger partial charge in [-0.1, -0.05) is 12.1 Å². The van der Waals surface area contributed by atoms with Crippen LogP contribution in [0.15, 0.2) is 41.3 Å². The lowest BCUT2D eigenvalue weighted by molar-refractivity contribution is -0.137. The number of aromatic nitrogens is 4. The average Bonchev–Trinajstić information content (AvgIpc) is 3.32. The van der Waals surface area contributed by atoms with E-state index in [1.54, 1.807) is 11.8 Å². The molecule has 0 spiro atoms. The minimum absolute atomic E-state index is 0.101. The number of carbonyl (C=O) groups is 1. The normalized spacial score (nSPS) is 14.7. The van der Waals surface area contributed by atoms with Crippen LogP contribution < -0.4 is 15.8 Å². The minimum atomic E-state index is -4.46. The molecule has 1 aliphatic rings. The number of nitrogens with one attached hydrogen (secondary N) is 2. The molecular formula is C20H19F3N6O4S. The maximum atomic E-state index is 12.7. The molecule has 0 saturated heterocycles. The Morgan fingerprint density at radius 1 is 1.21 bits per heavy atom. The summed E-state index contributed by atoms with van der Waals surface area (Å²) in [6, 6.07) is 4.75. The van der Waals surface area contributed by atoms with E-state index in [1.807, 2.05) is 0 Å². The molecule has 0 fully saturated rings. The molecular weight excluding hydrogens is 477 g/mol. The van der Waals surface area contributed by atoms with Gasteiger partial charge in [0.1, 0.15) is 5.69 Å². The topological polar surface area (TPSA) is 130 Å². The lowest BCUT2D eigenvalue weighted by Crippen LogP contribution is -2.30. The Hall–Kier alpha value is -3.68. The molecule has 1 aliphatic heterocycles. The predicted molar refractivity (Wildman–Crippen MR) is 115 cm³/mol. The van der Waals surface area contributed by atoms with Crippen molar-refractivity contribution in [3.8, 4) is 0 Å². The Bertz CT molecular complexity index is 1390. The van der Waals surface area contributed by atoms with Crippen molar-refractivity contribution in [2.24, 2.45) is 0 Å². The van der Waals surface area contributed by atoms with Gasteiger partial charge in [0.05, 0.1) is 30.1 Å². The van der Waals surface area contributed by atoms with E-state index in [2.05, 4.69) is 20.4 Å². The SMILES string of the molecule is C[C@@H](NC(=O)c1cc(=O)[nH]c(N2Cc3cn(S(C)(=O)=O)nc3C2)n1)c1ccc(C(F)(F)F)cc1. The number of rotatable bonds is 5. The Balaban J connectivity index is 1.49. The number of amides is 1. The van der Waals surface area contributed by atoms with Gasteiger partial charge >= 0.3 is 6.18 Å². The van der Waals surface area contributed by atoms with Gasteiger partial charge in [0.2, 0.25) is 5.95 Å². The highest BCUT2D eigenvalue weighted by atomic mass is 32.2. The summed E-state index contributed by atoms with van der Waals surface area (Å²) < 4.78 is 62.4. The molecule has 4 rings (SSSR count). The smallest absolute Gasteiger partial charge is 0.344 e. The molecule has 14 heteroatoms. The predicted octanol–water partition coefficient (Wildman–Crippen LogP) is 1.80. The highest BCUT2D eigenvalue weighted by Crippen LogP contribution is 2.30. The van der Waals surface area contributed by atoms with Crippen molar-refractivity contribution < 1.29 is 26.4 Å². The van der Waals surface area contributed by atoms with E-state index in [0.717, 1.165) is 28.5 Å². The molecule has 1 aromatic carbocycles. The third-order valence-corrected chi connectivity index (χ3v) is 6.11. The summed E-state index contributed by atoms with van der Waals surface area (Å²) in [5, 5.41) is 6.65. The summed E-state index contributed by atoms with van der Waals surface area (Å²) in [5.74, 6) is -0.581. The number of alkyl halides is 3.